The Kier molecular flexibility index (Phi) is 5.41. The molecule has 20 heavy (non-hydrogen) atoms. The van der Waals surface area contributed by atoms with Gasteiger partial charge in [-0.3, -0.25) is 4.90 Å². The van der Waals surface area contributed by atoms with Crippen LogP contribution in [0, 0.1) is 11.3 Å². The van der Waals surface area contributed by atoms with Crippen LogP contribution < -0.4 is 5.32 Å². The van der Waals surface area contributed by atoms with Crippen LogP contribution in [0.3, 0.4) is 0 Å². The maximum atomic E-state index is 9.16. The summed E-state index contributed by atoms with van der Waals surface area (Å²) in [6.07, 6.45) is 0. The van der Waals surface area contributed by atoms with Crippen molar-refractivity contribution in [2.75, 3.05) is 45.1 Å². The number of nitriles is 1. The summed E-state index contributed by atoms with van der Waals surface area (Å²) >= 11 is 3.39. The fourth-order valence-electron chi connectivity index (χ4n) is 2.41. The highest BCUT2D eigenvalue weighted by atomic mass is 79.9. The normalized spacial score (nSPS) is 18.5. The Balaban J connectivity index is 1.90. The van der Waals surface area contributed by atoms with Crippen LogP contribution in [0.15, 0.2) is 22.7 Å². The number of halogens is 1. The summed E-state index contributed by atoms with van der Waals surface area (Å²) in [7, 11) is 2.17. The largest absolute Gasteiger partial charge is 0.382 e. The Bertz CT molecular complexity index is 489. The molecule has 1 N–H and O–H groups in total. The van der Waals surface area contributed by atoms with Gasteiger partial charge in [0.2, 0.25) is 0 Å². The van der Waals surface area contributed by atoms with Crippen LogP contribution in [-0.2, 0) is 0 Å². The zero-order valence-electron chi connectivity index (χ0n) is 12.1. The summed E-state index contributed by atoms with van der Waals surface area (Å²) in [5.41, 5.74) is 1.60. The molecule has 0 aromatic heterocycles. The van der Waals surface area contributed by atoms with Crippen molar-refractivity contribution >= 4 is 21.6 Å². The minimum atomic E-state index is 0.471. The molecule has 0 radical (unpaired) electrons. The molecule has 1 fully saturated rings. The lowest BCUT2D eigenvalue weighted by Gasteiger charge is -2.36. The number of hydrogen-bond acceptors (Lipinski definition) is 4. The third kappa shape index (κ3) is 3.95. The van der Waals surface area contributed by atoms with Crippen LogP contribution in [0.2, 0.25) is 0 Å². The maximum absolute atomic E-state index is 9.16. The summed E-state index contributed by atoms with van der Waals surface area (Å²) < 4.78 is 0.937. The van der Waals surface area contributed by atoms with Gasteiger partial charge in [-0.05, 0) is 32.2 Å². The fraction of sp³-hybridized carbons (Fsp3) is 0.533. The molecule has 1 heterocycles. The summed E-state index contributed by atoms with van der Waals surface area (Å²) in [4.78, 5) is 4.86. The van der Waals surface area contributed by atoms with Crippen LogP contribution in [0.5, 0.6) is 0 Å². The number of anilines is 1. The van der Waals surface area contributed by atoms with Crippen LogP contribution in [0.4, 0.5) is 5.69 Å². The number of rotatable bonds is 4. The molecule has 0 spiro atoms. The lowest BCUT2D eigenvalue weighted by atomic mass is 10.1. The van der Waals surface area contributed by atoms with Gasteiger partial charge in [0.05, 0.1) is 11.3 Å². The van der Waals surface area contributed by atoms with Gasteiger partial charge in [0.15, 0.2) is 0 Å². The zero-order chi connectivity index (χ0) is 14.5. The molecule has 4 nitrogen and oxygen atoms in total. The van der Waals surface area contributed by atoms with Gasteiger partial charge >= 0.3 is 0 Å². The summed E-state index contributed by atoms with van der Waals surface area (Å²) in [5.74, 6) is 0. The van der Waals surface area contributed by atoms with Crippen LogP contribution in [0.1, 0.15) is 12.5 Å². The van der Waals surface area contributed by atoms with E-state index in [9.17, 15) is 0 Å². The Morgan fingerprint density at radius 2 is 2.05 bits per heavy atom. The molecule has 1 saturated heterocycles. The topological polar surface area (TPSA) is 42.3 Å². The van der Waals surface area contributed by atoms with Gasteiger partial charge in [0.25, 0.3) is 0 Å². The molecule has 108 valence electrons. The molecule has 1 aliphatic heterocycles. The van der Waals surface area contributed by atoms with Crippen molar-refractivity contribution in [1.29, 1.82) is 5.26 Å². The molecule has 1 aromatic carbocycles. The van der Waals surface area contributed by atoms with Gasteiger partial charge in [-0.25, -0.2) is 0 Å². The highest BCUT2D eigenvalue weighted by molar-refractivity contribution is 9.10. The van der Waals surface area contributed by atoms with E-state index >= 15 is 0 Å². The predicted octanol–water partition coefficient (Wildman–Crippen LogP) is 2.37. The van der Waals surface area contributed by atoms with Gasteiger partial charge in [-0.1, -0.05) is 15.9 Å². The first-order valence-corrected chi connectivity index (χ1v) is 7.75. The summed E-state index contributed by atoms with van der Waals surface area (Å²) in [6.45, 7) is 7.59. The quantitative estimate of drug-likeness (QED) is 0.916. The average Bonchev–Trinajstić information content (AvgIpc) is 2.46. The van der Waals surface area contributed by atoms with E-state index in [2.05, 4.69) is 51.1 Å². The van der Waals surface area contributed by atoms with Crippen molar-refractivity contribution in [1.82, 2.24) is 9.80 Å². The molecule has 1 atom stereocenters. The smallest absolute Gasteiger partial charge is 0.101 e. The van der Waals surface area contributed by atoms with E-state index in [-0.39, 0.29) is 0 Å². The van der Waals surface area contributed by atoms with E-state index in [1.54, 1.807) is 0 Å². The average molecular weight is 337 g/mol. The van der Waals surface area contributed by atoms with Crippen molar-refractivity contribution in [2.24, 2.45) is 0 Å². The van der Waals surface area contributed by atoms with Crippen molar-refractivity contribution < 1.29 is 0 Å². The minimum absolute atomic E-state index is 0.471. The zero-order valence-corrected chi connectivity index (χ0v) is 13.7. The van der Waals surface area contributed by atoms with Crippen molar-refractivity contribution in [3.05, 3.63) is 28.2 Å². The molecule has 1 aliphatic rings. The van der Waals surface area contributed by atoms with E-state index in [4.69, 9.17) is 5.26 Å². The second-order valence-corrected chi connectivity index (χ2v) is 6.29. The standard InChI is InChI=1S/C15H21BrN4/c1-12(20-7-5-19(2)6-8-20)11-18-15-4-3-14(16)9-13(15)10-17/h3-4,9,12,18H,5-8,11H2,1-2H3/t12-/m1/s1. The third-order valence-corrected chi connectivity index (χ3v) is 4.34. The summed E-state index contributed by atoms with van der Waals surface area (Å²) in [6, 6.07) is 8.47. The molecule has 1 aromatic rings. The Morgan fingerprint density at radius 1 is 1.35 bits per heavy atom. The highest BCUT2D eigenvalue weighted by Gasteiger charge is 2.18. The predicted molar refractivity (Wildman–Crippen MR) is 85.9 cm³/mol. The van der Waals surface area contributed by atoms with Gasteiger partial charge in [0.1, 0.15) is 6.07 Å². The van der Waals surface area contributed by atoms with E-state index in [1.165, 1.54) is 0 Å². The van der Waals surface area contributed by atoms with Gasteiger partial charge in [0, 0.05) is 43.2 Å². The number of piperazine rings is 1. The molecule has 0 saturated carbocycles. The molecular formula is C15H21BrN4. The monoisotopic (exact) mass is 336 g/mol. The highest BCUT2D eigenvalue weighted by Crippen LogP contribution is 2.20. The van der Waals surface area contributed by atoms with Crippen molar-refractivity contribution in [3.8, 4) is 6.07 Å². The second-order valence-electron chi connectivity index (χ2n) is 5.37. The van der Waals surface area contributed by atoms with Gasteiger partial charge < -0.3 is 10.2 Å². The summed E-state index contributed by atoms with van der Waals surface area (Å²) in [5, 5.41) is 12.6. The van der Waals surface area contributed by atoms with Gasteiger partial charge in [-0.2, -0.15) is 5.26 Å². The molecule has 0 unspecified atom stereocenters. The first kappa shape index (κ1) is 15.3. The number of likely N-dealkylation sites (N-methyl/N-ethyl adjacent to an activating group) is 1. The lowest BCUT2D eigenvalue weighted by molar-refractivity contribution is 0.123. The van der Waals surface area contributed by atoms with E-state index in [0.29, 0.717) is 11.6 Å². The molecule has 0 bridgehead atoms. The van der Waals surface area contributed by atoms with E-state index in [1.807, 2.05) is 18.2 Å². The first-order valence-electron chi connectivity index (χ1n) is 6.96. The number of benzene rings is 1. The van der Waals surface area contributed by atoms with Gasteiger partial charge in [-0.15, -0.1) is 0 Å². The Morgan fingerprint density at radius 3 is 2.70 bits per heavy atom. The number of hydrogen-bond donors (Lipinski definition) is 1. The second kappa shape index (κ2) is 7.07. The number of nitrogens with zero attached hydrogens (tertiary/aromatic N) is 3. The molecule has 2 rings (SSSR count). The minimum Gasteiger partial charge on any atom is -0.382 e. The Hall–Kier alpha value is -1.09. The fourth-order valence-corrected chi connectivity index (χ4v) is 2.77. The number of nitrogens with one attached hydrogen (secondary N) is 1. The van der Waals surface area contributed by atoms with Crippen LogP contribution in [-0.4, -0.2) is 55.6 Å². The third-order valence-electron chi connectivity index (χ3n) is 3.85. The molecule has 5 heteroatoms. The van der Waals surface area contributed by atoms with Crippen molar-refractivity contribution in [2.45, 2.75) is 13.0 Å². The Labute approximate surface area is 129 Å². The van der Waals surface area contributed by atoms with E-state index in [0.717, 1.165) is 42.9 Å². The maximum Gasteiger partial charge on any atom is 0.101 e. The van der Waals surface area contributed by atoms with Crippen molar-refractivity contribution in [3.63, 3.8) is 0 Å². The van der Waals surface area contributed by atoms with Crippen LogP contribution in [0.25, 0.3) is 0 Å². The molecule has 0 aliphatic carbocycles. The molecular weight excluding hydrogens is 316 g/mol. The lowest BCUT2D eigenvalue weighted by Crippen LogP contribution is -2.49. The molecule has 0 amide bonds. The van der Waals surface area contributed by atoms with E-state index < -0.39 is 0 Å². The first-order chi connectivity index (χ1) is 9.60. The van der Waals surface area contributed by atoms with Crippen LogP contribution >= 0.6 is 15.9 Å². The SMILES string of the molecule is C[C@H](CNc1ccc(Br)cc1C#N)N1CCN(C)CC1.